The standard InChI is InChI=1S/C19H23N3O3/c1-14(23)16-9-11-22(13-16)19(25)20-17-7-5-15(6-8-17)12-21-10-3-2-4-18(21)24/h2-8,10,14,16,23H,9,11-13H2,1H3,(H,20,25)/t14-,16-/m0/s1. The smallest absolute Gasteiger partial charge is 0.321 e. The van der Waals surface area contributed by atoms with E-state index in [4.69, 9.17) is 0 Å². The Morgan fingerprint density at radius 2 is 2.04 bits per heavy atom. The van der Waals surface area contributed by atoms with E-state index >= 15 is 0 Å². The third-order valence-electron chi connectivity index (χ3n) is 4.65. The van der Waals surface area contributed by atoms with Gasteiger partial charge in [-0.2, -0.15) is 0 Å². The number of rotatable bonds is 4. The fourth-order valence-electron chi connectivity index (χ4n) is 3.05. The fraction of sp³-hybridized carbons (Fsp3) is 0.368. The number of aliphatic hydroxyl groups excluding tert-OH is 1. The van der Waals surface area contributed by atoms with E-state index in [-0.39, 0.29) is 17.5 Å². The van der Waals surface area contributed by atoms with Gasteiger partial charge in [0.2, 0.25) is 0 Å². The number of carbonyl (C=O) groups excluding carboxylic acids is 1. The summed E-state index contributed by atoms with van der Waals surface area (Å²) in [5.74, 6) is 0.150. The molecule has 2 aromatic rings. The first-order valence-electron chi connectivity index (χ1n) is 8.51. The van der Waals surface area contributed by atoms with Gasteiger partial charge in [-0.3, -0.25) is 4.79 Å². The second kappa shape index (κ2) is 7.53. The van der Waals surface area contributed by atoms with Gasteiger partial charge in [0.15, 0.2) is 0 Å². The first-order chi connectivity index (χ1) is 12.0. The molecule has 25 heavy (non-hydrogen) atoms. The van der Waals surface area contributed by atoms with Crippen LogP contribution in [0.1, 0.15) is 18.9 Å². The SMILES string of the molecule is C[C@H](O)[C@H]1CCN(C(=O)Nc2ccc(Cn3ccccc3=O)cc2)C1. The molecule has 2 heterocycles. The number of hydrogen-bond acceptors (Lipinski definition) is 3. The molecule has 2 N–H and O–H groups in total. The largest absolute Gasteiger partial charge is 0.393 e. The fourth-order valence-corrected chi connectivity index (χ4v) is 3.05. The van der Waals surface area contributed by atoms with E-state index in [1.54, 1.807) is 28.7 Å². The Morgan fingerprint density at radius 1 is 1.28 bits per heavy atom. The van der Waals surface area contributed by atoms with Crippen LogP contribution in [0.5, 0.6) is 0 Å². The number of anilines is 1. The molecule has 1 saturated heterocycles. The molecular formula is C19H23N3O3. The molecule has 1 aromatic carbocycles. The molecule has 0 unspecified atom stereocenters. The molecule has 2 atom stereocenters. The van der Waals surface area contributed by atoms with Gasteiger partial charge in [0.05, 0.1) is 12.6 Å². The number of benzene rings is 1. The van der Waals surface area contributed by atoms with Crippen LogP contribution in [-0.4, -0.2) is 39.8 Å². The van der Waals surface area contributed by atoms with Gasteiger partial charge in [-0.1, -0.05) is 18.2 Å². The van der Waals surface area contributed by atoms with Gasteiger partial charge >= 0.3 is 6.03 Å². The van der Waals surface area contributed by atoms with Crippen molar-refractivity contribution in [3.63, 3.8) is 0 Å². The van der Waals surface area contributed by atoms with Crippen molar-refractivity contribution in [2.45, 2.75) is 26.0 Å². The summed E-state index contributed by atoms with van der Waals surface area (Å²) in [4.78, 5) is 25.8. The monoisotopic (exact) mass is 341 g/mol. The number of hydrogen-bond donors (Lipinski definition) is 2. The number of urea groups is 1. The Hall–Kier alpha value is -2.60. The number of carbonyl (C=O) groups is 1. The Morgan fingerprint density at radius 3 is 2.68 bits per heavy atom. The van der Waals surface area contributed by atoms with E-state index < -0.39 is 6.10 Å². The zero-order valence-corrected chi connectivity index (χ0v) is 14.3. The van der Waals surface area contributed by atoms with Gasteiger partial charge in [-0.05, 0) is 37.1 Å². The highest BCUT2D eigenvalue weighted by atomic mass is 16.3. The Kier molecular flexibility index (Phi) is 5.19. The molecule has 0 radical (unpaired) electrons. The maximum atomic E-state index is 12.3. The maximum Gasteiger partial charge on any atom is 0.321 e. The van der Waals surface area contributed by atoms with Crippen LogP contribution in [-0.2, 0) is 6.54 Å². The number of likely N-dealkylation sites (tertiary alicyclic amines) is 1. The van der Waals surface area contributed by atoms with E-state index in [9.17, 15) is 14.7 Å². The molecule has 0 saturated carbocycles. The van der Waals surface area contributed by atoms with E-state index in [1.807, 2.05) is 30.3 Å². The maximum absolute atomic E-state index is 12.3. The van der Waals surface area contributed by atoms with Crippen molar-refractivity contribution in [2.75, 3.05) is 18.4 Å². The van der Waals surface area contributed by atoms with Gasteiger partial charge in [0, 0.05) is 37.0 Å². The quantitative estimate of drug-likeness (QED) is 0.895. The zero-order chi connectivity index (χ0) is 17.8. The van der Waals surface area contributed by atoms with Gasteiger partial charge in [0.1, 0.15) is 0 Å². The third kappa shape index (κ3) is 4.28. The molecule has 0 aliphatic carbocycles. The normalized spacial score (nSPS) is 18.2. The van der Waals surface area contributed by atoms with Crippen LogP contribution in [0, 0.1) is 5.92 Å². The molecule has 1 aromatic heterocycles. The van der Waals surface area contributed by atoms with Crippen LogP contribution in [0.25, 0.3) is 0 Å². The van der Waals surface area contributed by atoms with Crippen LogP contribution in [0.4, 0.5) is 10.5 Å². The lowest BCUT2D eigenvalue weighted by Gasteiger charge is -2.18. The molecule has 6 nitrogen and oxygen atoms in total. The minimum atomic E-state index is -0.390. The van der Waals surface area contributed by atoms with Crippen molar-refractivity contribution in [1.82, 2.24) is 9.47 Å². The molecular weight excluding hydrogens is 318 g/mol. The van der Waals surface area contributed by atoms with Crippen molar-refractivity contribution in [1.29, 1.82) is 0 Å². The first kappa shape index (κ1) is 17.2. The third-order valence-corrected chi connectivity index (χ3v) is 4.65. The zero-order valence-electron chi connectivity index (χ0n) is 14.3. The molecule has 3 rings (SSSR count). The molecule has 0 bridgehead atoms. The summed E-state index contributed by atoms with van der Waals surface area (Å²) < 4.78 is 1.63. The number of nitrogens with zero attached hydrogens (tertiary/aromatic N) is 2. The average molecular weight is 341 g/mol. The summed E-state index contributed by atoms with van der Waals surface area (Å²) in [6, 6.07) is 12.4. The molecule has 2 amide bonds. The highest BCUT2D eigenvalue weighted by Crippen LogP contribution is 2.20. The van der Waals surface area contributed by atoms with Crippen LogP contribution in [0.2, 0.25) is 0 Å². The Balaban J connectivity index is 1.58. The highest BCUT2D eigenvalue weighted by molar-refractivity contribution is 5.89. The number of nitrogens with one attached hydrogen (secondary N) is 1. The topological polar surface area (TPSA) is 74.6 Å². The average Bonchev–Trinajstić information content (AvgIpc) is 3.09. The van der Waals surface area contributed by atoms with E-state index in [1.165, 1.54) is 6.07 Å². The van der Waals surface area contributed by atoms with Gasteiger partial charge in [-0.25, -0.2) is 4.79 Å². The highest BCUT2D eigenvalue weighted by Gasteiger charge is 2.28. The Labute approximate surface area is 146 Å². The van der Waals surface area contributed by atoms with Crippen molar-refractivity contribution in [2.24, 2.45) is 5.92 Å². The van der Waals surface area contributed by atoms with Crippen LogP contribution in [0.15, 0.2) is 53.5 Å². The second-order valence-corrected chi connectivity index (χ2v) is 6.53. The number of aromatic nitrogens is 1. The van der Waals surface area contributed by atoms with E-state index in [2.05, 4.69) is 5.32 Å². The molecule has 1 aliphatic heterocycles. The number of amides is 2. The minimum Gasteiger partial charge on any atom is -0.393 e. The molecule has 6 heteroatoms. The summed E-state index contributed by atoms with van der Waals surface area (Å²) in [7, 11) is 0. The number of aliphatic hydroxyl groups is 1. The predicted molar refractivity (Wildman–Crippen MR) is 96.6 cm³/mol. The summed E-state index contributed by atoms with van der Waals surface area (Å²) in [5, 5.41) is 12.5. The van der Waals surface area contributed by atoms with Crippen molar-refractivity contribution < 1.29 is 9.90 Å². The predicted octanol–water partition coefficient (Wildman–Crippen LogP) is 2.13. The molecule has 1 fully saturated rings. The lowest BCUT2D eigenvalue weighted by atomic mass is 10.0. The summed E-state index contributed by atoms with van der Waals surface area (Å²) >= 11 is 0. The second-order valence-electron chi connectivity index (χ2n) is 6.53. The summed E-state index contributed by atoms with van der Waals surface area (Å²) in [6.45, 7) is 3.51. The minimum absolute atomic E-state index is 0.0402. The Bertz CT molecular complexity index is 783. The van der Waals surface area contributed by atoms with Crippen molar-refractivity contribution >= 4 is 11.7 Å². The lowest BCUT2D eigenvalue weighted by molar-refractivity contribution is 0.130. The van der Waals surface area contributed by atoms with Crippen molar-refractivity contribution in [3.05, 3.63) is 64.6 Å². The van der Waals surface area contributed by atoms with E-state index in [0.717, 1.165) is 17.7 Å². The van der Waals surface area contributed by atoms with Gasteiger partial charge < -0.3 is 19.9 Å². The van der Waals surface area contributed by atoms with Gasteiger partial charge in [0.25, 0.3) is 5.56 Å². The summed E-state index contributed by atoms with van der Waals surface area (Å²) in [6.07, 6.45) is 2.19. The first-order valence-corrected chi connectivity index (χ1v) is 8.51. The molecule has 1 aliphatic rings. The molecule has 132 valence electrons. The lowest BCUT2D eigenvalue weighted by Crippen LogP contribution is -2.34. The molecule has 0 spiro atoms. The number of pyridine rings is 1. The van der Waals surface area contributed by atoms with Crippen LogP contribution >= 0.6 is 0 Å². The van der Waals surface area contributed by atoms with Crippen LogP contribution < -0.4 is 10.9 Å². The van der Waals surface area contributed by atoms with Crippen LogP contribution in [0.3, 0.4) is 0 Å². The van der Waals surface area contributed by atoms with E-state index in [0.29, 0.717) is 19.6 Å². The summed E-state index contributed by atoms with van der Waals surface area (Å²) in [5.41, 5.74) is 1.66. The van der Waals surface area contributed by atoms with Gasteiger partial charge in [-0.15, -0.1) is 0 Å². The van der Waals surface area contributed by atoms with Crippen molar-refractivity contribution in [3.8, 4) is 0 Å².